The van der Waals surface area contributed by atoms with Crippen molar-refractivity contribution in [1.29, 1.82) is 0 Å². The van der Waals surface area contributed by atoms with Crippen LogP contribution in [0, 0.1) is 18.8 Å². The predicted molar refractivity (Wildman–Crippen MR) is 59.9 cm³/mol. The van der Waals surface area contributed by atoms with Crippen LogP contribution in [0.15, 0.2) is 18.2 Å². The number of aryl methyl sites for hydroxylation is 1. The van der Waals surface area contributed by atoms with E-state index < -0.39 is 0 Å². The number of methoxy groups -OCH3 is 1. The van der Waals surface area contributed by atoms with Gasteiger partial charge in [0, 0.05) is 12.3 Å². The van der Waals surface area contributed by atoms with E-state index in [2.05, 4.69) is 11.8 Å². The topological polar surface area (TPSA) is 9.23 Å². The molecule has 0 aromatic heterocycles. The normalized spacial score (nSPS) is 9.07. The molecule has 0 aliphatic carbocycles. The van der Waals surface area contributed by atoms with Crippen LogP contribution >= 0.6 is 11.6 Å². The van der Waals surface area contributed by atoms with Crippen LogP contribution in [0.4, 0.5) is 0 Å². The van der Waals surface area contributed by atoms with E-state index in [-0.39, 0.29) is 0 Å². The fourth-order valence-electron chi connectivity index (χ4n) is 1.12. The lowest BCUT2D eigenvalue weighted by atomic mass is 10.1. The summed E-state index contributed by atoms with van der Waals surface area (Å²) in [6.07, 6.45) is 0.707. The van der Waals surface area contributed by atoms with Gasteiger partial charge in [-0.1, -0.05) is 17.9 Å². The minimum absolute atomic E-state index is 0.571. The molecule has 0 spiro atoms. The molecule has 1 rings (SSSR count). The van der Waals surface area contributed by atoms with Crippen LogP contribution < -0.4 is 4.74 Å². The van der Waals surface area contributed by atoms with Gasteiger partial charge in [-0.25, -0.2) is 0 Å². The van der Waals surface area contributed by atoms with Crippen LogP contribution in [0.3, 0.4) is 0 Å². The molecule has 1 nitrogen and oxygen atoms in total. The van der Waals surface area contributed by atoms with Crippen molar-refractivity contribution in [2.75, 3.05) is 13.0 Å². The fraction of sp³-hybridized carbons (Fsp3) is 0.333. The first-order valence-electron chi connectivity index (χ1n) is 4.47. The number of halogens is 1. The highest BCUT2D eigenvalue weighted by molar-refractivity contribution is 6.18. The molecule has 0 amide bonds. The van der Waals surface area contributed by atoms with Crippen molar-refractivity contribution in [3.05, 3.63) is 29.3 Å². The zero-order chi connectivity index (χ0) is 10.4. The maximum atomic E-state index is 5.54. The molecule has 74 valence electrons. The third-order valence-corrected chi connectivity index (χ3v) is 1.99. The Bertz CT molecular complexity index is 360. The molecule has 1 aromatic carbocycles. The summed E-state index contributed by atoms with van der Waals surface area (Å²) in [5.41, 5.74) is 2.11. The Balaban J connectivity index is 2.94. The molecule has 0 unspecified atom stereocenters. The van der Waals surface area contributed by atoms with E-state index in [4.69, 9.17) is 16.3 Å². The molecule has 0 saturated carbocycles. The third kappa shape index (κ3) is 2.97. The highest BCUT2D eigenvalue weighted by Gasteiger charge is 1.98. The molecule has 0 N–H and O–H groups in total. The van der Waals surface area contributed by atoms with Gasteiger partial charge in [0.25, 0.3) is 0 Å². The molecule has 0 aliphatic rings. The van der Waals surface area contributed by atoms with Crippen molar-refractivity contribution in [1.82, 2.24) is 0 Å². The van der Waals surface area contributed by atoms with Crippen LogP contribution in [0.5, 0.6) is 5.75 Å². The monoisotopic (exact) mass is 208 g/mol. The number of benzene rings is 1. The standard InChI is InChI=1S/C12H13ClO/c1-10-6-7-12(14-2)11(9-10)5-3-4-8-13/h6-7,9H,4,8H2,1-2H3. The van der Waals surface area contributed by atoms with Crippen molar-refractivity contribution >= 4 is 11.6 Å². The van der Waals surface area contributed by atoms with Gasteiger partial charge in [-0.15, -0.1) is 11.6 Å². The maximum absolute atomic E-state index is 5.54. The first kappa shape index (κ1) is 10.9. The second kappa shape index (κ2) is 5.57. The number of alkyl halides is 1. The van der Waals surface area contributed by atoms with Gasteiger partial charge >= 0.3 is 0 Å². The molecule has 0 bridgehead atoms. The Hall–Kier alpha value is -1.13. The van der Waals surface area contributed by atoms with Gasteiger partial charge in [0.15, 0.2) is 0 Å². The van der Waals surface area contributed by atoms with Crippen molar-refractivity contribution in [2.45, 2.75) is 13.3 Å². The summed E-state index contributed by atoms with van der Waals surface area (Å²) >= 11 is 5.54. The van der Waals surface area contributed by atoms with Crippen LogP contribution in [0.25, 0.3) is 0 Å². The molecule has 0 atom stereocenters. The summed E-state index contributed by atoms with van der Waals surface area (Å²) in [7, 11) is 1.65. The molecule has 0 saturated heterocycles. The summed E-state index contributed by atoms with van der Waals surface area (Å²) in [6, 6.07) is 5.95. The Labute approximate surface area is 90.0 Å². The lowest BCUT2D eigenvalue weighted by Crippen LogP contribution is -1.88. The first-order chi connectivity index (χ1) is 6.77. The molecule has 0 aliphatic heterocycles. The SMILES string of the molecule is COc1ccc(C)cc1C#CCCCl. The summed E-state index contributed by atoms with van der Waals surface area (Å²) < 4.78 is 5.20. The zero-order valence-electron chi connectivity index (χ0n) is 8.43. The fourth-order valence-corrected chi connectivity index (χ4v) is 1.22. The van der Waals surface area contributed by atoms with E-state index in [0.717, 1.165) is 11.3 Å². The Morgan fingerprint density at radius 1 is 1.43 bits per heavy atom. The van der Waals surface area contributed by atoms with Gasteiger partial charge in [0.05, 0.1) is 12.7 Å². The van der Waals surface area contributed by atoms with Crippen LogP contribution in [-0.2, 0) is 0 Å². The summed E-state index contributed by atoms with van der Waals surface area (Å²) in [5, 5.41) is 0. The van der Waals surface area contributed by atoms with Gasteiger partial charge in [-0.3, -0.25) is 0 Å². The van der Waals surface area contributed by atoms with E-state index >= 15 is 0 Å². The highest BCUT2D eigenvalue weighted by Crippen LogP contribution is 2.18. The summed E-state index contributed by atoms with van der Waals surface area (Å²) in [6.45, 7) is 2.03. The second-order valence-corrected chi connectivity index (χ2v) is 3.32. The van der Waals surface area contributed by atoms with Crippen LogP contribution in [0.1, 0.15) is 17.5 Å². The largest absolute Gasteiger partial charge is 0.495 e. The Kier molecular flexibility index (Phi) is 4.35. The number of hydrogen-bond acceptors (Lipinski definition) is 1. The van der Waals surface area contributed by atoms with Crippen molar-refractivity contribution in [3.63, 3.8) is 0 Å². The van der Waals surface area contributed by atoms with Crippen molar-refractivity contribution in [3.8, 4) is 17.6 Å². The lowest BCUT2D eigenvalue weighted by Gasteiger charge is -2.03. The molecule has 0 fully saturated rings. The molecule has 2 heteroatoms. The smallest absolute Gasteiger partial charge is 0.134 e. The summed E-state index contributed by atoms with van der Waals surface area (Å²) in [5.74, 6) is 7.43. The van der Waals surface area contributed by atoms with Gasteiger partial charge in [0.1, 0.15) is 5.75 Å². The van der Waals surface area contributed by atoms with E-state index in [0.29, 0.717) is 12.3 Å². The van der Waals surface area contributed by atoms with E-state index in [9.17, 15) is 0 Å². The van der Waals surface area contributed by atoms with Crippen LogP contribution in [-0.4, -0.2) is 13.0 Å². The molecular formula is C12H13ClO. The minimum atomic E-state index is 0.571. The van der Waals surface area contributed by atoms with Crippen LogP contribution in [0.2, 0.25) is 0 Å². The average Bonchev–Trinajstić information content (AvgIpc) is 2.19. The highest BCUT2D eigenvalue weighted by atomic mass is 35.5. The van der Waals surface area contributed by atoms with Gasteiger partial charge < -0.3 is 4.74 Å². The number of ether oxygens (including phenoxy) is 1. The molecule has 1 aromatic rings. The number of rotatable bonds is 2. The van der Waals surface area contributed by atoms with E-state index in [1.807, 2.05) is 25.1 Å². The number of hydrogen-bond donors (Lipinski definition) is 0. The quantitative estimate of drug-likeness (QED) is 0.537. The van der Waals surface area contributed by atoms with Crippen molar-refractivity contribution in [2.24, 2.45) is 0 Å². The molecule has 0 radical (unpaired) electrons. The average molecular weight is 209 g/mol. The predicted octanol–water partition coefficient (Wildman–Crippen LogP) is 2.98. The Morgan fingerprint density at radius 3 is 2.86 bits per heavy atom. The van der Waals surface area contributed by atoms with Crippen molar-refractivity contribution < 1.29 is 4.74 Å². The maximum Gasteiger partial charge on any atom is 0.134 e. The molecule has 14 heavy (non-hydrogen) atoms. The Morgan fingerprint density at radius 2 is 2.21 bits per heavy atom. The first-order valence-corrected chi connectivity index (χ1v) is 5.01. The third-order valence-electron chi connectivity index (χ3n) is 1.80. The van der Waals surface area contributed by atoms with Gasteiger partial charge in [0.2, 0.25) is 0 Å². The molecular weight excluding hydrogens is 196 g/mol. The van der Waals surface area contributed by atoms with Gasteiger partial charge in [-0.2, -0.15) is 0 Å². The van der Waals surface area contributed by atoms with Gasteiger partial charge in [-0.05, 0) is 24.6 Å². The van der Waals surface area contributed by atoms with E-state index in [1.165, 1.54) is 5.56 Å². The lowest BCUT2D eigenvalue weighted by molar-refractivity contribution is 0.413. The van der Waals surface area contributed by atoms with E-state index in [1.54, 1.807) is 7.11 Å². The minimum Gasteiger partial charge on any atom is -0.495 e. The molecule has 0 heterocycles. The second-order valence-electron chi connectivity index (χ2n) is 2.94. The summed E-state index contributed by atoms with van der Waals surface area (Å²) in [4.78, 5) is 0. The zero-order valence-corrected chi connectivity index (χ0v) is 9.19.